The van der Waals surface area contributed by atoms with Crippen molar-refractivity contribution in [1.82, 2.24) is 14.9 Å². The molecule has 0 atom stereocenters. The number of likely N-dealkylation sites (tertiary alicyclic amines) is 1. The maximum atomic E-state index is 12.0. The molecule has 5 heteroatoms. The van der Waals surface area contributed by atoms with Gasteiger partial charge in [0.15, 0.2) is 0 Å². The number of rotatable bonds is 2. The molecule has 1 fully saturated rings. The van der Waals surface area contributed by atoms with E-state index in [0.29, 0.717) is 12.1 Å². The van der Waals surface area contributed by atoms with E-state index in [1.807, 2.05) is 11.8 Å². The van der Waals surface area contributed by atoms with Crippen molar-refractivity contribution >= 4 is 5.91 Å². The minimum Gasteiger partial charge on any atom is -0.342 e. The van der Waals surface area contributed by atoms with E-state index in [0.717, 1.165) is 37.2 Å². The molecule has 92 valence electrons. The molecule has 0 saturated carbocycles. The van der Waals surface area contributed by atoms with Gasteiger partial charge in [-0.2, -0.15) is 4.98 Å². The van der Waals surface area contributed by atoms with Crippen LogP contribution < -0.4 is 5.69 Å². The second-order valence-corrected chi connectivity index (χ2v) is 4.50. The van der Waals surface area contributed by atoms with E-state index in [4.69, 9.17) is 0 Å². The second-order valence-electron chi connectivity index (χ2n) is 4.50. The molecule has 2 rings (SSSR count). The van der Waals surface area contributed by atoms with Gasteiger partial charge in [-0.1, -0.05) is 0 Å². The normalized spacial score (nSPS) is 15.3. The molecule has 0 unspecified atom stereocenters. The topological polar surface area (TPSA) is 66.1 Å². The first-order valence-electron chi connectivity index (χ1n) is 5.92. The highest BCUT2D eigenvalue weighted by Crippen LogP contribution is 2.13. The first-order valence-corrected chi connectivity index (χ1v) is 5.92. The molecule has 0 bridgehead atoms. The summed E-state index contributed by atoms with van der Waals surface area (Å²) in [5, 5.41) is 0. The van der Waals surface area contributed by atoms with Crippen LogP contribution >= 0.6 is 0 Å². The van der Waals surface area contributed by atoms with E-state index >= 15 is 0 Å². The Balaban J connectivity index is 2.18. The van der Waals surface area contributed by atoms with Gasteiger partial charge in [0.25, 0.3) is 0 Å². The fraction of sp³-hybridized carbons (Fsp3) is 0.583. The number of hydrogen-bond donors (Lipinski definition) is 1. The number of amides is 1. The minimum atomic E-state index is -0.350. The first-order chi connectivity index (χ1) is 8.08. The summed E-state index contributed by atoms with van der Waals surface area (Å²) in [5.74, 6) is 0.127. The Bertz CT molecular complexity index is 461. The zero-order valence-electron chi connectivity index (χ0n) is 10.2. The van der Waals surface area contributed by atoms with Crippen LogP contribution in [0, 0.1) is 13.8 Å². The lowest BCUT2D eigenvalue weighted by Gasteiger charge is -2.16. The SMILES string of the molecule is Cc1nc(=O)[nH]c(C)c1CC(=O)N1CCCC1. The third-order valence-electron chi connectivity index (χ3n) is 3.24. The van der Waals surface area contributed by atoms with Crippen LogP contribution in [0.2, 0.25) is 0 Å². The fourth-order valence-corrected chi connectivity index (χ4v) is 2.25. The van der Waals surface area contributed by atoms with Crippen molar-refractivity contribution in [2.45, 2.75) is 33.1 Å². The highest BCUT2D eigenvalue weighted by molar-refractivity contribution is 5.79. The van der Waals surface area contributed by atoms with E-state index < -0.39 is 0 Å². The standard InChI is InChI=1S/C12H17N3O2/c1-8-10(9(2)14-12(17)13-8)7-11(16)15-5-3-4-6-15/h3-7H2,1-2H3,(H,13,14,17). The molecule has 0 radical (unpaired) electrons. The molecule has 1 aliphatic heterocycles. The van der Waals surface area contributed by atoms with Crippen LogP contribution in [0.15, 0.2) is 4.79 Å². The van der Waals surface area contributed by atoms with Crippen molar-refractivity contribution < 1.29 is 4.79 Å². The van der Waals surface area contributed by atoms with Gasteiger partial charge < -0.3 is 9.88 Å². The number of aromatic amines is 1. The van der Waals surface area contributed by atoms with Crippen molar-refractivity contribution in [2.24, 2.45) is 0 Å². The van der Waals surface area contributed by atoms with Crippen molar-refractivity contribution in [1.29, 1.82) is 0 Å². The van der Waals surface area contributed by atoms with Crippen molar-refractivity contribution in [3.8, 4) is 0 Å². The summed E-state index contributed by atoms with van der Waals surface area (Å²) in [6, 6.07) is 0. The summed E-state index contributed by atoms with van der Waals surface area (Å²) < 4.78 is 0. The number of aromatic nitrogens is 2. The second kappa shape index (κ2) is 4.69. The molecule has 1 aliphatic rings. The quantitative estimate of drug-likeness (QED) is 0.814. The molecular weight excluding hydrogens is 218 g/mol. The Kier molecular flexibility index (Phi) is 3.26. The Hall–Kier alpha value is -1.65. The Labute approximate surface area is 99.9 Å². The van der Waals surface area contributed by atoms with Gasteiger partial charge in [-0.25, -0.2) is 4.79 Å². The highest BCUT2D eigenvalue weighted by atomic mass is 16.2. The van der Waals surface area contributed by atoms with Crippen molar-refractivity contribution in [2.75, 3.05) is 13.1 Å². The molecule has 0 aromatic carbocycles. The number of aryl methyl sites for hydroxylation is 2. The number of H-pyrrole nitrogens is 1. The van der Waals surface area contributed by atoms with Crippen LogP contribution in [0.25, 0.3) is 0 Å². The number of nitrogens with zero attached hydrogens (tertiary/aromatic N) is 2. The monoisotopic (exact) mass is 235 g/mol. The highest BCUT2D eigenvalue weighted by Gasteiger charge is 2.20. The molecule has 0 spiro atoms. The third-order valence-corrected chi connectivity index (χ3v) is 3.24. The van der Waals surface area contributed by atoms with Gasteiger partial charge in [0, 0.05) is 30.0 Å². The van der Waals surface area contributed by atoms with E-state index in [-0.39, 0.29) is 11.6 Å². The van der Waals surface area contributed by atoms with E-state index in [9.17, 15) is 9.59 Å². The zero-order chi connectivity index (χ0) is 12.4. The lowest BCUT2D eigenvalue weighted by Crippen LogP contribution is -2.30. The Morgan fingerprint density at radius 1 is 1.35 bits per heavy atom. The number of carbonyl (C=O) groups is 1. The average Bonchev–Trinajstić information content (AvgIpc) is 2.76. The predicted octanol–water partition coefficient (Wildman–Crippen LogP) is 0.552. The molecule has 1 aromatic rings. The first kappa shape index (κ1) is 11.8. The maximum Gasteiger partial charge on any atom is 0.345 e. The Morgan fingerprint density at radius 3 is 2.59 bits per heavy atom. The molecule has 1 aromatic heterocycles. The molecular formula is C12H17N3O2. The number of hydrogen-bond acceptors (Lipinski definition) is 3. The molecule has 17 heavy (non-hydrogen) atoms. The maximum absolute atomic E-state index is 12.0. The van der Waals surface area contributed by atoms with Gasteiger partial charge in [0.1, 0.15) is 0 Å². The summed E-state index contributed by atoms with van der Waals surface area (Å²) in [6.45, 7) is 5.29. The summed E-state index contributed by atoms with van der Waals surface area (Å²) in [4.78, 5) is 31.5. The van der Waals surface area contributed by atoms with Gasteiger partial charge in [0.05, 0.1) is 6.42 Å². The molecule has 1 N–H and O–H groups in total. The van der Waals surface area contributed by atoms with E-state index in [1.54, 1.807) is 6.92 Å². The van der Waals surface area contributed by atoms with Crippen LogP contribution in [-0.2, 0) is 11.2 Å². The van der Waals surface area contributed by atoms with Crippen LogP contribution in [0.3, 0.4) is 0 Å². The van der Waals surface area contributed by atoms with Crippen LogP contribution in [-0.4, -0.2) is 33.9 Å². The lowest BCUT2D eigenvalue weighted by molar-refractivity contribution is -0.129. The van der Waals surface area contributed by atoms with Crippen LogP contribution in [0.4, 0.5) is 0 Å². The lowest BCUT2D eigenvalue weighted by atomic mass is 10.1. The summed E-state index contributed by atoms with van der Waals surface area (Å²) in [7, 11) is 0. The van der Waals surface area contributed by atoms with Gasteiger partial charge in [-0.3, -0.25) is 4.79 Å². The molecule has 1 saturated heterocycles. The van der Waals surface area contributed by atoms with E-state index in [1.165, 1.54) is 0 Å². The summed E-state index contributed by atoms with van der Waals surface area (Å²) >= 11 is 0. The summed E-state index contributed by atoms with van der Waals surface area (Å²) in [6.07, 6.45) is 2.52. The predicted molar refractivity (Wildman–Crippen MR) is 63.8 cm³/mol. The number of carbonyl (C=O) groups excluding carboxylic acids is 1. The van der Waals surface area contributed by atoms with Gasteiger partial charge >= 0.3 is 5.69 Å². The Morgan fingerprint density at radius 2 is 2.00 bits per heavy atom. The molecule has 1 amide bonds. The largest absolute Gasteiger partial charge is 0.345 e. The third kappa shape index (κ3) is 2.54. The van der Waals surface area contributed by atoms with Gasteiger partial charge in [-0.15, -0.1) is 0 Å². The van der Waals surface area contributed by atoms with Crippen molar-refractivity contribution in [3.05, 3.63) is 27.4 Å². The minimum absolute atomic E-state index is 0.127. The smallest absolute Gasteiger partial charge is 0.342 e. The number of nitrogens with one attached hydrogen (secondary N) is 1. The van der Waals surface area contributed by atoms with Gasteiger partial charge in [-0.05, 0) is 26.7 Å². The fourth-order valence-electron chi connectivity index (χ4n) is 2.25. The zero-order valence-corrected chi connectivity index (χ0v) is 10.2. The van der Waals surface area contributed by atoms with Crippen LogP contribution in [0.1, 0.15) is 29.8 Å². The van der Waals surface area contributed by atoms with Crippen molar-refractivity contribution in [3.63, 3.8) is 0 Å². The van der Waals surface area contributed by atoms with Gasteiger partial charge in [0.2, 0.25) is 5.91 Å². The molecule has 5 nitrogen and oxygen atoms in total. The average molecular weight is 235 g/mol. The van der Waals surface area contributed by atoms with Crippen LogP contribution in [0.5, 0.6) is 0 Å². The molecule has 0 aliphatic carbocycles. The molecule has 2 heterocycles. The summed E-state index contributed by atoms with van der Waals surface area (Å²) in [5.41, 5.74) is 1.90. The van der Waals surface area contributed by atoms with E-state index in [2.05, 4.69) is 9.97 Å².